The summed E-state index contributed by atoms with van der Waals surface area (Å²) in [6, 6.07) is 0. The summed E-state index contributed by atoms with van der Waals surface area (Å²) in [4.78, 5) is 11.2. The molecule has 0 radical (unpaired) electrons. The first kappa shape index (κ1) is 11.4. The number of rotatable bonds is 6. The standard InChI is InChI=1S/C9H19NO2/c1-4-8(3)9(11)10-6-7-12-5-2/h8H,4-7H2,1-3H3,(H,10,11). The van der Waals surface area contributed by atoms with Crippen LogP contribution in [0.1, 0.15) is 27.2 Å². The van der Waals surface area contributed by atoms with E-state index in [-0.39, 0.29) is 11.8 Å². The molecule has 72 valence electrons. The van der Waals surface area contributed by atoms with Gasteiger partial charge in [-0.25, -0.2) is 0 Å². The zero-order valence-electron chi connectivity index (χ0n) is 8.22. The monoisotopic (exact) mass is 173 g/mol. The van der Waals surface area contributed by atoms with E-state index in [9.17, 15) is 4.79 Å². The van der Waals surface area contributed by atoms with Gasteiger partial charge in [0.2, 0.25) is 5.91 Å². The average Bonchev–Trinajstić information content (AvgIpc) is 2.10. The van der Waals surface area contributed by atoms with Gasteiger partial charge in [-0.3, -0.25) is 4.79 Å². The van der Waals surface area contributed by atoms with Gasteiger partial charge in [0, 0.05) is 19.1 Å². The van der Waals surface area contributed by atoms with Gasteiger partial charge in [0.15, 0.2) is 0 Å². The van der Waals surface area contributed by atoms with Crippen molar-refractivity contribution in [2.24, 2.45) is 5.92 Å². The minimum atomic E-state index is 0.117. The second-order valence-corrected chi connectivity index (χ2v) is 2.80. The number of hydrogen-bond acceptors (Lipinski definition) is 2. The summed E-state index contributed by atoms with van der Waals surface area (Å²) in [5, 5.41) is 2.80. The minimum Gasteiger partial charge on any atom is -0.380 e. The molecule has 0 bridgehead atoms. The van der Waals surface area contributed by atoms with Crippen molar-refractivity contribution in [2.45, 2.75) is 27.2 Å². The smallest absolute Gasteiger partial charge is 0.222 e. The first-order chi connectivity index (χ1) is 5.72. The third-order valence-electron chi connectivity index (χ3n) is 1.81. The highest BCUT2D eigenvalue weighted by Gasteiger charge is 2.08. The predicted octanol–water partition coefficient (Wildman–Crippen LogP) is 1.19. The van der Waals surface area contributed by atoms with Gasteiger partial charge in [-0.05, 0) is 13.3 Å². The number of ether oxygens (including phenoxy) is 1. The lowest BCUT2D eigenvalue weighted by Gasteiger charge is -2.09. The first-order valence-corrected chi connectivity index (χ1v) is 4.57. The largest absolute Gasteiger partial charge is 0.380 e. The Bertz CT molecular complexity index is 126. The van der Waals surface area contributed by atoms with Crippen molar-refractivity contribution in [1.82, 2.24) is 5.32 Å². The van der Waals surface area contributed by atoms with Crippen molar-refractivity contribution in [3.8, 4) is 0 Å². The molecule has 0 fully saturated rings. The van der Waals surface area contributed by atoms with Crippen molar-refractivity contribution in [3.05, 3.63) is 0 Å². The Balaban J connectivity index is 3.31. The fraction of sp³-hybridized carbons (Fsp3) is 0.889. The lowest BCUT2D eigenvalue weighted by atomic mass is 10.1. The zero-order valence-corrected chi connectivity index (χ0v) is 8.22. The van der Waals surface area contributed by atoms with Crippen LogP contribution in [0.15, 0.2) is 0 Å². The van der Waals surface area contributed by atoms with E-state index in [4.69, 9.17) is 4.74 Å². The number of carbonyl (C=O) groups is 1. The highest BCUT2D eigenvalue weighted by Crippen LogP contribution is 1.98. The van der Waals surface area contributed by atoms with E-state index in [0.717, 1.165) is 6.42 Å². The van der Waals surface area contributed by atoms with Crippen molar-refractivity contribution >= 4 is 5.91 Å². The summed E-state index contributed by atoms with van der Waals surface area (Å²) in [5.74, 6) is 0.240. The van der Waals surface area contributed by atoms with Crippen LogP contribution in [0.25, 0.3) is 0 Å². The van der Waals surface area contributed by atoms with Gasteiger partial charge in [-0.1, -0.05) is 13.8 Å². The molecule has 0 heterocycles. The van der Waals surface area contributed by atoms with Crippen molar-refractivity contribution in [2.75, 3.05) is 19.8 Å². The maximum atomic E-state index is 11.2. The molecule has 1 unspecified atom stereocenters. The first-order valence-electron chi connectivity index (χ1n) is 4.57. The number of carbonyl (C=O) groups excluding carboxylic acids is 1. The second-order valence-electron chi connectivity index (χ2n) is 2.80. The predicted molar refractivity (Wildman–Crippen MR) is 49.0 cm³/mol. The Hall–Kier alpha value is -0.570. The van der Waals surface area contributed by atoms with Crippen LogP contribution in [0, 0.1) is 5.92 Å². The molecule has 3 heteroatoms. The molecule has 0 rings (SSSR count). The highest BCUT2D eigenvalue weighted by molar-refractivity contribution is 5.78. The number of amides is 1. The molecule has 12 heavy (non-hydrogen) atoms. The molecule has 0 aromatic heterocycles. The van der Waals surface area contributed by atoms with Gasteiger partial charge in [0.25, 0.3) is 0 Å². The summed E-state index contributed by atoms with van der Waals surface area (Å²) in [7, 11) is 0. The highest BCUT2D eigenvalue weighted by atomic mass is 16.5. The molecular weight excluding hydrogens is 154 g/mol. The second kappa shape index (κ2) is 7.10. The summed E-state index contributed by atoms with van der Waals surface area (Å²) < 4.78 is 5.08. The van der Waals surface area contributed by atoms with Gasteiger partial charge in [0.05, 0.1) is 6.61 Å². The van der Waals surface area contributed by atoms with Gasteiger partial charge in [-0.2, -0.15) is 0 Å². The minimum absolute atomic E-state index is 0.117. The Morgan fingerprint density at radius 1 is 1.50 bits per heavy atom. The summed E-state index contributed by atoms with van der Waals surface area (Å²) in [6.45, 7) is 7.81. The van der Waals surface area contributed by atoms with Crippen LogP contribution in [0.5, 0.6) is 0 Å². The Morgan fingerprint density at radius 2 is 2.17 bits per heavy atom. The van der Waals surface area contributed by atoms with Crippen LogP contribution in [0.2, 0.25) is 0 Å². The molecule has 0 aliphatic heterocycles. The Morgan fingerprint density at radius 3 is 2.67 bits per heavy atom. The molecule has 1 amide bonds. The molecule has 0 aliphatic carbocycles. The lowest BCUT2D eigenvalue weighted by molar-refractivity contribution is -0.124. The van der Waals surface area contributed by atoms with E-state index in [1.807, 2.05) is 20.8 Å². The molecule has 3 nitrogen and oxygen atoms in total. The van der Waals surface area contributed by atoms with E-state index in [2.05, 4.69) is 5.32 Å². The molecule has 0 aromatic rings. The Labute approximate surface area is 74.5 Å². The van der Waals surface area contributed by atoms with Gasteiger partial charge in [0.1, 0.15) is 0 Å². The van der Waals surface area contributed by atoms with Crippen LogP contribution in [-0.4, -0.2) is 25.7 Å². The van der Waals surface area contributed by atoms with Crippen molar-refractivity contribution < 1.29 is 9.53 Å². The third kappa shape index (κ3) is 5.13. The van der Waals surface area contributed by atoms with E-state index in [1.54, 1.807) is 0 Å². The lowest BCUT2D eigenvalue weighted by Crippen LogP contribution is -2.31. The average molecular weight is 173 g/mol. The Kier molecular flexibility index (Phi) is 6.76. The quantitative estimate of drug-likeness (QED) is 0.613. The fourth-order valence-corrected chi connectivity index (χ4v) is 0.750. The van der Waals surface area contributed by atoms with Crippen LogP contribution in [0.4, 0.5) is 0 Å². The van der Waals surface area contributed by atoms with Crippen molar-refractivity contribution in [3.63, 3.8) is 0 Å². The third-order valence-corrected chi connectivity index (χ3v) is 1.81. The molecule has 1 atom stereocenters. The van der Waals surface area contributed by atoms with E-state index in [1.165, 1.54) is 0 Å². The van der Waals surface area contributed by atoms with Gasteiger partial charge in [-0.15, -0.1) is 0 Å². The molecule has 0 aliphatic rings. The maximum Gasteiger partial charge on any atom is 0.222 e. The molecule has 0 spiro atoms. The SMILES string of the molecule is CCOCCNC(=O)C(C)CC. The summed E-state index contributed by atoms with van der Waals surface area (Å²) in [5.41, 5.74) is 0. The molecule has 0 saturated heterocycles. The maximum absolute atomic E-state index is 11.2. The van der Waals surface area contributed by atoms with Crippen LogP contribution in [-0.2, 0) is 9.53 Å². The van der Waals surface area contributed by atoms with Crippen LogP contribution in [0.3, 0.4) is 0 Å². The van der Waals surface area contributed by atoms with Gasteiger partial charge < -0.3 is 10.1 Å². The zero-order chi connectivity index (χ0) is 9.40. The van der Waals surface area contributed by atoms with Crippen LogP contribution < -0.4 is 5.32 Å². The van der Waals surface area contributed by atoms with E-state index >= 15 is 0 Å². The number of nitrogens with one attached hydrogen (secondary N) is 1. The molecule has 0 aromatic carbocycles. The molecule has 0 saturated carbocycles. The number of hydrogen-bond donors (Lipinski definition) is 1. The van der Waals surface area contributed by atoms with E-state index < -0.39 is 0 Å². The normalized spacial score (nSPS) is 12.6. The summed E-state index contributed by atoms with van der Waals surface area (Å²) in [6.07, 6.45) is 0.889. The van der Waals surface area contributed by atoms with E-state index in [0.29, 0.717) is 19.8 Å². The molecule has 1 N–H and O–H groups in total. The van der Waals surface area contributed by atoms with Crippen LogP contribution >= 0.6 is 0 Å². The van der Waals surface area contributed by atoms with Crippen molar-refractivity contribution in [1.29, 1.82) is 0 Å². The topological polar surface area (TPSA) is 38.3 Å². The fourth-order valence-electron chi connectivity index (χ4n) is 0.750. The van der Waals surface area contributed by atoms with Gasteiger partial charge >= 0.3 is 0 Å². The molecular formula is C9H19NO2. The summed E-state index contributed by atoms with van der Waals surface area (Å²) >= 11 is 0.